The van der Waals surface area contributed by atoms with Gasteiger partial charge in [0.25, 0.3) is 0 Å². The van der Waals surface area contributed by atoms with E-state index in [1.165, 1.54) is 4.57 Å². The third-order valence-electron chi connectivity index (χ3n) is 7.38. The number of nitrogens with zero attached hydrogens (tertiary/aromatic N) is 5. The van der Waals surface area contributed by atoms with Gasteiger partial charge in [-0.25, -0.2) is 14.6 Å². The molecule has 10 nitrogen and oxygen atoms in total. The number of pyridine rings is 1. The Morgan fingerprint density at radius 1 is 1.13 bits per heavy atom. The van der Waals surface area contributed by atoms with Gasteiger partial charge >= 0.3 is 11.4 Å². The van der Waals surface area contributed by atoms with Gasteiger partial charge in [0.05, 0.1) is 22.3 Å². The number of imidazole rings is 1. The lowest BCUT2D eigenvalue weighted by Gasteiger charge is -2.34. The quantitative estimate of drug-likeness (QED) is 0.368. The summed E-state index contributed by atoms with van der Waals surface area (Å²) in [6, 6.07) is 14.3. The highest BCUT2D eigenvalue weighted by Gasteiger charge is 2.26. The maximum Gasteiger partial charge on any atom is 0.419 e. The number of fused-ring (bicyclic) bond motifs is 2. The minimum atomic E-state index is -0.483. The van der Waals surface area contributed by atoms with Crippen LogP contribution in [0, 0.1) is 18.3 Å². The molecule has 5 aromatic rings. The van der Waals surface area contributed by atoms with E-state index in [9.17, 15) is 19.6 Å². The average molecular weight is 509 g/mol. The number of ketones is 1. The molecule has 190 valence electrons. The number of aryl methyl sites for hydroxylation is 2. The molecular formula is C28H24N6O4. The zero-order valence-corrected chi connectivity index (χ0v) is 20.9. The molecular weight excluding hydrogens is 484 g/mol. The Bertz CT molecular complexity index is 1890. The largest absolute Gasteiger partial charge is 0.419 e. The Morgan fingerprint density at radius 2 is 1.92 bits per heavy atom. The van der Waals surface area contributed by atoms with Crippen LogP contribution in [0.25, 0.3) is 22.3 Å². The van der Waals surface area contributed by atoms with Crippen LogP contribution in [-0.4, -0.2) is 38.0 Å². The van der Waals surface area contributed by atoms with Crippen LogP contribution in [0.2, 0.25) is 0 Å². The van der Waals surface area contributed by atoms with Crippen LogP contribution in [0.3, 0.4) is 0 Å². The van der Waals surface area contributed by atoms with Crippen molar-refractivity contribution in [3.8, 4) is 6.07 Å². The number of piperidine rings is 1. The van der Waals surface area contributed by atoms with Crippen LogP contribution in [-0.2, 0) is 7.05 Å². The number of anilines is 1. The molecule has 0 aliphatic carbocycles. The summed E-state index contributed by atoms with van der Waals surface area (Å²) in [5, 5.41) is 9.77. The number of oxazole rings is 1. The smallest absolute Gasteiger partial charge is 0.408 e. The van der Waals surface area contributed by atoms with Gasteiger partial charge in [-0.15, -0.1) is 0 Å². The fraction of sp³-hybridized carbons (Fsp3) is 0.250. The summed E-state index contributed by atoms with van der Waals surface area (Å²) in [5.41, 5.74) is 4.97. The van der Waals surface area contributed by atoms with Crippen molar-refractivity contribution in [2.24, 2.45) is 7.05 Å². The van der Waals surface area contributed by atoms with Crippen molar-refractivity contribution in [1.29, 1.82) is 5.26 Å². The van der Waals surface area contributed by atoms with Crippen molar-refractivity contribution in [2.45, 2.75) is 25.8 Å². The van der Waals surface area contributed by atoms with Gasteiger partial charge in [-0.1, -0.05) is 0 Å². The van der Waals surface area contributed by atoms with Gasteiger partial charge < -0.3 is 9.32 Å². The Hall–Kier alpha value is -4.91. The lowest BCUT2D eigenvalue weighted by atomic mass is 9.97. The van der Waals surface area contributed by atoms with E-state index in [4.69, 9.17) is 4.42 Å². The van der Waals surface area contributed by atoms with Crippen molar-refractivity contribution in [2.75, 3.05) is 18.0 Å². The number of hydrogen-bond acceptors (Lipinski definition) is 7. The van der Waals surface area contributed by atoms with Crippen LogP contribution >= 0.6 is 0 Å². The average Bonchev–Trinajstić information content (AvgIpc) is 3.42. The highest BCUT2D eigenvalue weighted by atomic mass is 16.4. The first-order chi connectivity index (χ1) is 18.4. The lowest BCUT2D eigenvalue weighted by molar-refractivity contribution is 0.103. The summed E-state index contributed by atoms with van der Waals surface area (Å²) in [7, 11) is 1.63. The van der Waals surface area contributed by atoms with Crippen LogP contribution in [0.4, 0.5) is 5.69 Å². The zero-order chi connectivity index (χ0) is 26.6. The Kier molecular flexibility index (Phi) is 5.49. The first kappa shape index (κ1) is 23.5. The molecule has 0 spiro atoms. The summed E-state index contributed by atoms with van der Waals surface area (Å²) in [6.07, 6.45) is 3.05. The van der Waals surface area contributed by atoms with Gasteiger partial charge in [-0.2, -0.15) is 5.26 Å². The SMILES string of the molecule is Cc1cc(C(=O)c2ccc(C#N)c(N3CCC(n4c(=O)[nH]c5ncccc54)CC3)c2)cc2oc(=O)n(C)c12. The van der Waals surface area contributed by atoms with Crippen LogP contribution in [0.15, 0.2) is 62.7 Å². The van der Waals surface area contributed by atoms with Crippen molar-refractivity contribution < 1.29 is 9.21 Å². The van der Waals surface area contributed by atoms with Crippen LogP contribution in [0.1, 0.15) is 45.9 Å². The molecule has 4 heterocycles. The number of aromatic amines is 1. The van der Waals surface area contributed by atoms with Crippen molar-refractivity contribution in [1.82, 2.24) is 19.1 Å². The third kappa shape index (κ3) is 3.71. The molecule has 10 heteroatoms. The molecule has 0 radical (unpaired) electrons. The fourth-order valence-electron chi connectivity index (χ4n) is 5.52. The summed E-state index contributed by atoms with van der Waals surface area (Å²) < 4.78 is 8.50. The summed E-state index contributed by atoms with van der Waals surface area (Å²) in [5.74, 6) is -0.706. The number of nitriles is 1. The molecule has 0 atom stereocenters. The predicted molar refractivity (Wildman–Crippen MR) is 142 cm³/mol. The second kappa shape index (κ2) is 8.88. The molecule has 0 amide bonds. The number of aromatic nitrogens is 4. The van der Waals surface area contributed by atoms with E-state index in [1.54, 1.807) is 48.1 Å². The number of nitrogens with one attached hydrogen (secondary N) is 1. The molecule has 1 saturated heterocycles. The van der Waals surface area contributed by atoms with E-state index in [1.807, 2.05) is 19.1 Å². The van der Waals surface area contributed by atoms with Gasteiger partial charge in [0.2, 0.25) is 0 Å². The van der Waals surface area contributed by atoms with E-state index >= 15 is 0 Å². The molecule has 1 aliphatic heterocycles. The van der Waals surface area contributed by atoms with Gasteiger partial charge in [-0.3, -0.25) is 18.9 Å². The number of hydrogen-bond donors (Lipinski definition) is 1. The predicted octanol–water partition coefficient (Wildman–Crippen LogP) is 3.42. The minimum absolute atomic E-state index is 0.00211. The second-order valence-electron chi connectivity index (χ2n) is 9.63. The molecule has 0 unspecified atom stereocenters. The van der Waals surface area contributed by atoms with Gasteiger partial charge in [0.15, 0.2) is 17.0 Å². The Morgan fingerprint density at radius 3 is 2.68 bits per heavy atom. The van der Waals surface area contributed by atoms with Crippen molar-refractivity contribution in [3.05, 3.63) is 92.0 Å². The molecule has 1 N–H and O–H groups in total. The third-order valence-corrected chi connectivity index (χ3v) is 7.38. The summed E-state index contributed by atoms with van der Waals surface area (Å²) in [6.45, 7) is 3.07. The van der Waals surface area contributed by atoms with E-state index in [-0.39, 0.29) is 17.5 Å². The van der Waals surface area contributed by atoms with E-state index in [2.05, 4.69) is 20.9 Å². The Balaban J connectivity index is 1.29. The normalized spacial score (nSPS) is 14.3. The van der Waals surface area contributed by atoms with E-state index in [0.717, 1.165) is 11.1 Å². The van der Waals surface area contributed by atoms with Crippen LogP contribution in [0.5, 0.6) is 0 Å². The van der Waals surface area contributed by atoms with Gasteiger partial charge in [0, 0.05) is 43.5 Å². The number of benzene rings is 2. The molecule has 3 aromatic heterocycles. The second-order valence-corrected chi connectivity index (χ2v) is 9.63. The first-order valence-corrected chi connectivity index (χ1v) is 12.3. The minimum Gasteiger partial charge on any atom is -0.408 e. The highest BCUT2D eigenvalue weighted by molar-refractivity contribution is 6.11. The van der Waals surface area contributed by atoms with Crippen LogP contribution < -0.4 is 16.3 Å². The molecule has 0 bridgehead atoms. The lowest BCUT2D eigenvalue weighted by Crippen LogP contribution is -2.37. The fourth-order valence-corrected chi connectivity index (χ4v) is 5.52. The highest BCUT2D eigenvalue weighted by Crippen LogP contribution is 2.31. The molecule has 2 aromatic carbocycles. The number of carbonyl (C=O) groups is 1. The maximum atomic E-state index is 13.5. The van der Waals surface area contributed by atoms with Crippen molar-refractivity contribution >= 4 is 33.7 Å². The molecule has 0 saturated carbocycles. The number of carbonyl (C=O) groups excluding carboxylic acids is 1. The van der Waals surface area contributed by atoms with E-state index < -0.39 is 5.76 Å². The monoisotopic (exact) mass is 508 g/mol. The molecule has 38 heavy (non-hydrogen) atoms. The summed E-state index contributed by atoms with van der Waals surface area (Å²) in [4.78, 5) is 47.2. The number of H-pyrrole nitrogens is 1. The summed E-state index contributed by atoms with van der Waals surface area (Å²) >= 11 is 0. The van der Waals surface area contributed by atoms with Gasteiger partial charge in [0.1, 0.15) is 6.07 Å². The molecule has 6 rings (SSSR count). The first-order valence-electron chi connectivity index (χ1n) is 12.3. The molecule has 1 aliphatic rings. The zero-order valence-electron chi connectivity index (χ0n) is 20.9. The topological polar surface area (TPSA) is 130 Å². The Labute approximate surface area is 216 Å². The number of rotatable bonds is 4. The standard InChI is InChI=1S/C28H24N6O4/c1-16-12-19(14-23-24(16)32(2)28(37)38-23)25(35)17-5-6-18(15-29)22(13-17)33-10-7-20(8-11-33)34-21-4-3-9-30-26(21)31-27(34)36/h3-6,9,12-14,20H,7-8,10-11H2,1-2H3,(H,30,31,36). The van der Waals surface area contributed by atoms with Crippen molar-refractivity contribution in [3.63, 3.8) is 0 Å². The van der Waals surface area contributed by atoms with E-state index in [0.29, 0.717) is 65.1 Å². The van der Waals surface area contributed by atoms with Gasteiger partial charge in [-0.05, 0) is 67.8 Å². The molecule has 1 fully saturated rings. The maximum absolute atomic E-state index is 13.5.